The Morgan fingerprint density at radius 1 is 1.12 bits per heavy atom. The molecule has 33 heavy (non-hydrogen) atoms. The zero-order chi connectivity index (χ0) is 24.4. The molecule has 6 nitrogen and oxygen atoms in total. The van der Waals surface area contributed by atoms with Crippen LogP contribution in [-0.2, 0) is 4.79 Å². The average molecular weight is 465 g/mol. The fraction of sp³-hybridized carbons (Fsp3) is 0.889. The summed E-state index contributed by atoms with van der Waals surface area (Å²) in [6, 6.07) is 0. The largest absolute Gasteiger partial charge is 0.393 e. The van der Waals surface area contributed by atoms with Gasteiger partial charge >= 0.3 is 0 Å². The summed E-state index contributed by atoms with van der Waals surface area (Å²) in [4.78, 5) is 13.2. The SMILES string of the molecule is CC(C)CCC[C@@](O)(CO)[C@H]1CC[C@H]2C3=CC(=O)C4CC(O)C(O)C[C@]4(C)C3(O)CC[C@]12C. The highest BCUT2D eigenvalue weighted by Crippen LogP contribution is 2.68. The minimum absolute atomic E-state index is 0.0462. The lowest BCUT2D eigenvalue weighted by Crippen LogP contribution is -2.65. The first-order valence-electron chi connectivity index (χ1n) is 13.0. The summed E-state index contributed by atoms with van der Waals surface area (Å²) in [7, 11) is 0. The van der Waals surface area contributed by atoms with Gasteiger partial charge in [-0.25, -0.2) is 0 Å². The molecule has 0 radical (unpaired) electrons. The molecule has 188 valence electrons. The maximum atomic E-state index is 13.2. The van der Waals surface area contributed by atoms with E-state index in [2.05, 4.69) is 20.8 Å². The van der Waals surface area contributed by atoms with Gasteiger partial charge in [-0.3, -0.25) is 4.79 Å². The van der Waals surface area contributed by atoms with E-state index in [0.29, 0.717) is 25.2 Å². The number of hydrogen-bond donors (Lipinski definition) is 5. The summed E-state index contributed by atoms with van der Waals surface area (Å²) < 4.78 is 0. The second-order valence-electron chi connectivity index (χ2n) is 12.6. The van der Waals surface area contributed by atoms with Gasteiger partial charge in [0, 0.05) is 11.3 Å². The predicted octanol–water partition coefficient (Wildman–Crippen LogP) is 2.74. The van der Waals surface area contributed by atoms with Crippen LogP contribution >= 0.6 is 0 Å². The summed E-state index contributed by atoms with van der Waals surface area (Å²) in [6.07, 6.45) is 5.20. The molecule has 4 unspecified atom stereocenters. The third-order valence-electron chi connectivity index (χ3n) is 10.4. The number of allylic oxidation sites excluding steroid dienone is 1. The van der Waals surface area contributed by atoms with Crippen LogP contribution in [0.15, 0.2) is 11.6 Å². The first-order chi connectivity index (χ1) is 15.3. The van der Waals surface area contributed by atoms with E-state index in [9.17, 15) is 30.3 Å². The number of carbonyl (C=O) groups excluding carboxylic acids is 1. The van der Waals surface area contributed by atoms with Crippen molar-refractivity contribution in [3.8, 4) is 0 Å². The smallest absolute Gasteiger partial charge is 0.159 e. The Kier molecular flexibility index (Phi) is 6.45. The first kappa shape index (κ1) is 25.3. The molecule has 0 aromatic rings. The van der Waals surface area contributed by atoms with Crippen LogP contribution < -0.4 is 0 Å². The Hall–Kier alpha value is -0.790. The minimum atomic E-state index is -1.21. The van der Waals surface area contributed by atoms with Crippen LogP contribution in [-0.4, -0.2) is 61.3 Å². The first-order valence-corrected chi connectivity index (χ1v) is 13.0. The van der Waals surface area contributed by atoms with Crippen LogP contribution in [0.4, 0.5) is 0 Å². The van der Waals surface area contributed by atoms with Crippen LogP contribution in [0.5, 0.6) is 0 Å². The fourth-order valence-electron chi connectivity index (χ4n) is 8.39. The van der Waals surface area contributed by atoms with E-state index in [1.54, 1.807) is 6.08 Å². The third-order valence-corrected chi connectivity index (χ3v) is 10.4. The van der Waals surface area contributed by atoms with E-state index >= 15 is 0 Å². The average Bonchev–Trinajstić information content (AvgIpc) is 3.09. The van der Waals surface area contributed by atoms with Gasteiger partial charge in [0.25, 0.3) is 0 Å². The van der Waals surface area contributed by atoms with Gasteiger partial charge < -0.3 is 25.5 Å². The van der Waals surface area contributed by atoms with Gasteiger partial charge in [0.05, 0.1) is 30.0 Å². The standard InChI is InChI=1S/C27H44O6/c1-16(2)6-5-9-26(32,15-28)23-8-7-17-18-12-20(29)19-13-21(30)22(31)14-25(19,4)27(18,33)11-10-24(17,23)3/h12,16-17,19,21-23,28,30-33H,5-11,13-15H2,1-4H3/t17-,19?,21?,22?,23-,24-,25-,26+,27?/m0/s1. The maximum Gasteiger partial charge on any atom is 0.159 e. The number of hydrogen-bond acceptors (Lipinski definition) is 6. The number of fused-ring (bicyclic) bond motifs is 5. The van der Waals surface area contributed by atoms with Crippen molar-refractivity contribution < 1.29 is 30.3 Å². The van der Waals surface area contributed by atoms with Crippen LogP contribution in [0.2, 0.25) is 0 Å². The van der Waals surface area contributed by atoms with Crippen molar-refractivity contribution in [1.82, 2.24) is 0 Å². The summed E-state index contributed by atoms with van der Waals surface area (Å²) in [5.41, 5.74) is -2.75. The molecule has 0 bridgehead atoms. The van der Waals surface area contributed by atoms with Gasteiger partial charge in [-0.2, -0.15) is 0 Å². The summed E-state index contributed by atoms with van der Waals surface area (Å²) in [5, 5.41) is 54.7. The lowest BCUT2D eigenvalue weighted by Gasteiger charge is -2.62. The van der Waals surface area contributed by atoms with Crippen molar-refractivity contribution in [2.24, 2.45) is 34.5 Å². The lowest BCUT2D eigenvalue weighted by molar-refractivity contribution is -0.189. The lowest BCUT2D eigenvalue weighted by atomic mass is 9.44. The van der Waals surface area contributed by atoms with E-state index in [0.717, 1.165) is 31.3 Å². The summed E-state index contributed by atoms with van der Waals surface area (Å²) >= 11 is 0. The molecule has 4 rings (SSSR count). The molecule has 0 amide bonds. The topological polar surface area (TPSA) is 118 Å². The molecule has 0 aliphatic heterocycles. The minimum Gasteiger partial charge on any atom is -0.393 e. The van der Waals surface area contributed by atoms with E-state index in [4.69, 9.17) is 0 Å². The highest BCUT2D eigenvalue weighted by atomic mass is 16.3. The fourth-order valence-corrected chi connectivity index (χ4v) is 8.39. The molecule has 4 aliphatic carbocycles. The van der Waals surface area contributed by atoms with Gasteiger partial charge in [-0.1, -0.05) is 40.5 Å². The molecule has 4 aliphatic rings. The van der Waals surface area contributed by atoms with Crippen molar-refractivity contribution in [1.29, 1.82) is 0 Å². The highest BCUT2D eigenvalue weighted by Gasteiger charge is 2.68. The van der Waals surface area contributed by atoms with Crippen LogP contribution in [0.1, 0.15) is 85.5 Å². The Morgan fingerprint density at radius 3 is 2.45 bits per heavy atom. The second-order valence-corrected chi connectivity index (χ2v) is 12.6. The molecule has 0 aromatic carbocycles. The normalized spacial score (nSPS) is 46.9. The molecular formula is C27H44O6. The molecule has 6 heteroatoms. The van der Waals surface area contributed by atoms with Crippen molar-refractivity contribution in [3.05, 3.63) is 11.6 Å². The molecule has 0 heterocycles. The monoisotopic (exact) mass is 464 g/mol. The Morgan fingerprint density at radius 2 is 1.82 bits per heavy atom. The van der Waals surface area contributed by atoms with Crippen LogP contribution in [0.25, 0.3) is 0 Å². The molecule has 3 fully saturated rings. The van der Waals surface area contributed by atoms with Gasteiger partial charge in [0.2, 0.25) is 0 Å². The highest BCUT2D eigenvalue weighted by molar-refractivity contribution is 5.95. The van der Waals surface area contributed by atoms with E-state index < -0.39 is 34.7 Å². The van der Waals surface area contributed by atoms with Gasteiger partial charge in [0.1, 0.15) is 0 Å². The van der Waals surface area contributed by atoms with E-state index in [-0.39, 0.29) is 42.5 Å². The number of ketones is 1. The number of aliphatic hydroxyl groups excluding tert-OH is 3. The number of carbonyl (C=O) groups is 1. The van der Waals surface area contributed by atoms with Crippen molar-refractivity contribution >= 4 is 5.78 Å². The Balaban J connectivity index is 1.67. The van der Waals surface area contributed by atoms with Crippen LogP contribution in [0.3, 0.4) is 0 Å². The molecule has 0 saturated heterocycles. The van der Waals surface area contributed by atoms with E-state index in [1.165, 1.54) is 0 Å². The van der Waals surface area contributed by atoms with Crippen molar-refractivity contribution in [2.45, 2.75) is 109 Å². The molecule has 3 saturated carbocycles. The van der Waals surface area contributed by atoms with Gasteiger partial charge in [0.15, 0.2) is 5.78 Å². The van der Waals surface area contributed by atoms with Crippen LogP contribution in [0, 0.1) is 34.5 Å². The van der Waals surface area contributed by atoms with Gasteiger partial charge in [-0.15, -0.1) is 0 Å². The Bertz CT molecular complexity index is 808. The summed E-state index contributed by atoms with van der Waals surface area (Å²) in [6.45, 7) is 8.12. The molecule has 5 N–H and O–H groups in total. The third kappa shape index (κ3) is 3.67. The second kappa shape index (κ2) is 8.41. The quantitative estimate of drug-likeness (QED) is 0.413. The number of aliphatic hydroxyl groups is 5. The zero-order valence-electron chi connectivity index (χ0n) is 20.8. The number of rotatable bonds is 6. The summed E-state index contributed by atoms with van der Waals surface area (Å²) in [5.74, 6) is -0.171. The molecule has 0 spiro atoms. The molecule has 9 atom stereocenters. The van der Waals surface area contributed by atoms with Crippen molar-refractivity contribution in [2.75, 3.05) is 6.61 Å². The predicted molar refractivity (Wildman–Crippen MR) is 125 cm³/mol. The van der Waals surface area contributed by atoms with Gasteiger partial charge in [-0.05, 0) is 79.8 Å². The maximum absolute atomic E-state index is 13.2. The molecule has 0 aromatic heterocycles. The Labute approximate surface area is 198 Å². The van der Waals surface area contributed by atoms with E-state index in [1.807, 2.05) is 6.92 Å². The molecular weight excluding hydrogens is 420 g/mol. The van der Waals surface area contributed by atoms with Crippen molar-refractivity contribution in [3.63, 3.8) is 0 Å². The zero-order valence-corrected chi connectivity index (χ0v) is 20.8.